The van der Waals surface area contributed by atoms with Crippen molar-refractivity contribution >= 4 is 21.8 Å². The maximum Gasteiger partial charge on any atom is 0.251 e. The van der Waals surface area contributed by atoms with Crippen LogP contribution in [0.2, 0.25) is 0 Å². The highest BCUT2D eigenvalue weighted by Crippen LogP contribution is 2.32. The zero-order chi connectivity index (χ0) is 12.4. The summed E-state index contributed by atoms with van der Waals surface area (Å²) in [7, 11) is 0. The van der Waals surface area contributed by atoms with E-state index in [0.29, 0.717) is 18.0 Å². The largest absolute Gasteiger partial charge is 0.391 e. The minimum absolute atomic E-state index is 0.130. The first-order valence-corrected chi connectivity index (χ1v) is 6.59. The van der Waals surface area contributed by atoms with E-state index in [4.69, 9.17) is 0 Å². The number of hydrogen-bond donors (Lipinski definition) is 2. The standard InChI is InChI=1S/C13H16BrNO2/c1-8-4-10(6-11(14)5-8)13(17)15-7-12(16)9-2-3-9/h4-6,9,12,16H,2-3,7H2,1H3,(H,15,17). The number of amides is 1. The Morgan fingerprint density at radius 3 is 2.82 bits per heavy atom. The van der Waals surface area contributed by atoms with E-state index in [0.717, 1.165) is 22.9 Å². The number of aliphatic hydroxyl groups excluding tert-OH is 1. The molecule has 0 bridgehead atoms. The van der Waals surface area contributed by atoms with Gasteiger partial charge < -0.3 is 10.4 Å². The van der Waals surface area contributed by atoms with Crippen LogP contribution in [0.5, 0.6) is 0 Å². The molecule has 2 N–H and O–H groups in total. The minimum atomic E-state index is -0.396. The Hall–Kier alpha value is -0.870. The second-order valence-corrected chi connectivity index (χ2v) is 5.55. The molecule has 17 heavy (non-hydrogen) atoms. The van der Waals surface area contributed by atoms with Crippen LogP contribution in [0.25, 0.3) is 0 Å². The molecule has 3 nitrogen and oxygen atoms in total. The van der Waals surface area contributed by atoms with Crippen molar-refractivity contribution in [2.45, 2.75) is 25.9 Å². The summed E-state index contributed by atoms with van der Waals surface area (Å²) in [6.07, 6.45) is 1.76. The van der Waals surface area contributed by atoms with Crippen LogP contribution in [0, 0.1) is 12.8 Å². The fraction of sp³-hybridized carbons (Fsp3) is 0.462. The van der Waals surface area contributed by atoms with E-state index in [-0.39, 0.29) is 5.91 Å². The number of nitrogens with one attached hydrogen (secondary N) is 1. The summed E-state index contributed by atoms with van der Waals surface area (Å²) in [5, 5.41) is 12.4. The van der Waals surface area contributed by atoms with Crippen molar-refractivity contribution in [1.29, 1.82) is 0 Å². The normalized spacial score (nSPS) is 16.6. The number of aryl methyl sites for hydroxylation is 1. The van der Waals surface area contributed by atoms with Crippen molar-refractivity contribution in [3.05, 3.63) is 33.8 Å². The first-order chi connectivity index (χ1) is 8.06. The topological polar surface area (TPSA) is 49.3 Å². The van der Waals surface area contributed by atoms with Gasteiger partial charge in [0.25, 0.3) is 5.91 Å². The lowest BCUT2D eigenvalue weighted by Gasteiger charge is -2.11. The quantitative estimate of drug-likeness (QED) is 0.896. The number of carbonyl (C=O) groups is 1. The molecule has 1 aliphatic rings. The molecule has 1 amide bonds. The Morgan fingerprint density at radius 1 is 1.53 bits per heavy atom. The molecule has 0 saturated heterocycles. The molecule has 4 heteroatoms. The number of aliphatic hydroxyl groups is 1. The van der Waals surface area contributed by atoms with Gasteiger partial charge in [-0.15, -0.1) is 0 Å². The highest BCUT2D eigenvalue weighted by Gasteiger charge is 2.29. The summed E-state index contributed by atoms with van der Waals surface area (Å²) in [5.74, 6) is 0.258. The Balaban J connectivity index is 1.94. The zero-order valence-electron chi connectivity index (χ0n) is 9.74. The predicted octanol–water partition coefficient (Wildman–Crippen LogP) is 2.26. The van der Waals surface area contributed by atoms with Gasteiger partial charge in [0.2, 0.25) is 0 Å². The second kappa shape index (κ2) is 5.19. The van der Waals surface area contributed by atoms with E-state index in [2.05, 4.69) is 21.2 Å². The van der Waals surface area contributed by atoms with Crippen LogP contribution in [-0.4, -0.2) is 23.7 Å². The van der Waals surface area contributed by atoms with Crippen LogP contribution in [-0.2, 0) is 0 Å². The Morgan fingerprint density at radius 2 is 2.24 bits per heavy atom. The van der Waals surface area contributed by atoms with Crippen LogP contribution in [0.4, 0.5) is 0 Å². The molecule has 1 atom stereocenters. The lowest BCUT2D eigenvalue weighted by Crippen LogP contribution is -2.33. The van der Waals surface area contributed by atoms with Gasteiger partial charge in [-0.1, -0.05) is 15.9 Å². The molecule has 1 aliphatic carbocycles. The van der Waals surface area contributed by atoms with Gasteiger partial charge in [0.05, 0.1) is 6.10 Å². The third kappa shape index (κ3) is 3.54. The van der Waals surface area contributed by atoms with Gasteiger partial charge in [-0.3, -0.25) is 4.79 Å². The molecular weight excluding hydrogens is 282 g/mol. The van der Waals surface area contributed by atoms with E-state index in [9.17, 15) is 9.90 Å². The van der Waals surface area contributed by atoms with Crippen LogP contribution in [0.15, 0.2) is 22.7 Å². The van der Waals surface area contributed by atoms with Gasteiger partial charge in [-0.2, -0.15) is 0 Å². The molecule has 0 heterocycles. The molecule has 0 spiro atoms. The average molecular weight is 298 g/mol. The SMILES string of the molecule is Cc1cc(Br)cc(C(=O)NCC(O)C2CC2)c1. The molecule has 0 radical (unpaired) electrons. The molecule has 1 aromatic carbocycles. The molecule has 2 rings (SSSR count). The number of halogens is 1. The third-order valence-corrected chi connectivity index (χ3v) is 3.40. The van der Waals surface area contributed by atoms with E-state index in [1.807, 2.05) is 19.1 Å². The molecule has 0 aromatic heterocycles. The van der Waals surface area contributed by atoms with Gasteiger partial charge >= 0.3 is 0 Å². The molecule has 1 aromatic rings. The zero-order valence-corrected chi connectivity index (χ0v) is 11.3. The summed E-state index contributed by atoms with van der Waals surface area (Å²) in [4.78, 5) is 11.9. The Bertz CT molecular complexity index is 409. The molecule has 0 aliphatic heterocycles. The first-order valence-electron chi connectivity index (χ1n) is 5.79. The third-order valence-electron chi connectivity index (χ3n) is 2.94. The number of rotatable bonds is 4. The number of carbonyl (C=O) groups excluding carboxylic acids is 1. The fourth-order valence-electron chi connectivity index (χ4n) is 1.81. The lowest BCUT2D eigenvalue weighted by molar-refractivity contribution is 0.0901. The highest BCUT2D eigenvalue weighted by atomic mass is 79.9. The van der Waals surface area contributed by atoms with Gasteiger partial charge in [0.15, 0.2) is 0 Å². The first kappa shape index (κ1) is 12.6. The van der Waals surface area contributed by atoms with Crippen LogP contribution in [0.3, 0.4) is 0 Å². The molecule has 92 valence electrons. The van der Waals surface area contributed by atoms with Crippen LogP contribution in [0.1, 0.15) is 28.8 Å². The number of hydrogen-bond acceptors (Lipinski definition) is 2. The molecule has 1 fully saturated rings. The maximum absolute atomic E-state index is 11.9. The summed E-state index contributed by atoms with van der Waals surface area (Å²) in [6.45, 7) is 2.29. The summed E-state index contributed by atoms with van der Waals surface area (Å²) in [6, 6.07) is 5.57. The highest BCUT2D eigenvalue weighted by molar-refractivity contribution is 9.10. The smallest absolute Gasteiger partial charge is 0.251 e. The van der Waals surface area contributed by atoms with E-state index < -0.39 is 6.10 Å². The minimum Gasteiger partial charge on any atom is -0.391 e. The van der Waals surface area contributed by atoms with E-state index in [1.54, 1.807) is 6.07 Å². The summed E-state index contributed by atoms with van der Waals surface area (Å²) >= 11 is 3.37. The molecular formula is C13H16BrNO2. The van der Waals surface area contributed by atoms with Gasteiger partial charge in [0.1, 0.15) is 0 Å². The van der Waals surface area contributed by atoms with E-state index >= 15 is 0 Å². The van der Waals surface area contributed by atoms with Crippen LogP contribution < -0.4 is 5.32 Å². The summed E-state index contributed by atoms with van der Waals surface area (Å²) < 4.78 is 0.894. The summed E-state index contributed by atoms with van der Waals surface area (Å²) in [5.41, 5.74) is 1.66. The monoisotopic (exact) mass is 297 g/mol. The van der Waals surface area contributed by atoms with Crippen molar-refractivity contribution in [3.8, 4) is 0 Å². The van der Waals surface area contributed by atoms with Crippen molar-refractivity contribution in [2.24, 2.45) is 5.92 Å². The molecule has 1 unspecified atom stereocenters. The van der Waals surface area contributed by atoms with E-state index in [1.165, 1.54) is 0 Å². The van der Waals surface area contributed by atoms with Gasteiger partial charge in [0, 0.05) is 16.6 Å². The second-order valence-electron chi connectivity index (χ2n) is 4.63. The Labute approximate surface area is 109 Å². The fourth-order valence-corrected chi connectivity index (χ4v) is 2.42. The van der Waals surface area contributed by atoms with Gasteiger partial charge in [-0.25, -0.2) is 0 Å². The molecule has 1 saturated carbocycles. The average Bonchev–Trinajstić information content (AvgIpc) is 3.07. The Kier molecular flexibility index (Phi) is 3.84. The predicted molar refractivity (Wildman–Crippen MR) is 69.9 cm³/mol. The van der Waals surface area contributed by atoms with Crippen molar-refractivity contribution in [2.75, 3.05) is 6.54 Å². The van der Waals surface area contributed by atoms with Crippen molar-refractivity contribution < 1.29 is 9.90 Å². The number of benzene rings is 1. The van der Waals surface area contributed by atoms with Crippen molar-refractivity contribution in [3.63, 3.8) is 0 Å². The van der Waals surface area contributed by atoms with Crippen molar-refractivity contribution in [1.82, 2.24) is 5.32 Å². The lowest BCUT2D eigenvalue weighted by atomic mass is 10.1. The van der Waals surface area contributed by atoms with Gasteiger partial charge in [-0.05, 0) is 49.4 Å². The maximum atomic E-state index is 11.9. The van der Waals surface area contributed by atoms with Crippen LogP contribution >= 0.6 is 15.9 Å².